The van der Waals surface area contributed by atoms with E-state index >= 15 is 0 Å². The third kappa shape index (κ3) is 7.28. The topological polar surface area (TPSA) is 142 Å². The smallest absolute Gasteiger partial charge is 0.251 e. The van der Waals surface area contributed by atoms with E-state index in [1.54, 1.807) is 38.6 Å². The second-order valence-corrected chi connectivity index (χ2v) is 7.74. The summed E-state index contributed by atoms with van der Waals surface area (Å²) in [6.45, 7) is 2.28. The van der Waals surface area contributed by atoms with Crippen LogP contribution in [0.5, 0.6) is 5.75 Å². The van der Waals surface area contributed by atoms with Gasteiger partial charge in [-0.2, -0.15) is 13.5 Å². The third-order valence-corrected chi connectivity index (χ3v) is 5.36. The zero-order chi connectivity index (χ0) is 24.5. The molecule has 1 aromatic carbocycles. The molecule has 0 saturated heterocycles. The van der Waals surface area contributed by atoms with Gasteiger partial charge in [-0.3, -0.25) is 4.79 Å². The van der Waals surface area contributed by atoms with Gasteiger partial charge in [-0.25, -0.2) is 15.0 Å². The van der Waals surface area contributed by atoms with Gasteiger partial charge < -0.3 is 30.9 Å². The van der Waals surface area contributed by atoms with Crippen molar-refractivity contribution in [3.05, 3.63) is 60.0 Å². The van der Waals surface area contributed by atoms with Crippen molar-refractivity contribution < 1.29 is 19.7 Å². The summed E-state index contributed by atoms with van der Waals surface area (Å²) in [6.07, 6.45) is 3.16. The Hall–Kier alpha value is -3.41. The van der Waals surface area contributed by atoms with Crippen molar-refractivity contribution in [2.75, 3.05) is 44.5 Å². The van der Waals surface area contributed by atoms with Gasteiger partial charge >= 0.3 is 0 Å². The van der Waals surface area contributed by atoms with Gasteiger partial charge in [0, 0.05) is 42.9 Å². The number of aromatic nitrogens is 3. The Morgan fingerprint density at radius 1 is 1.06 bits per heavy atom. The van der Waals surface area contributed by atoms with Crippen LogP contribution < -0.4 is 20.7 Å². The summed E-state index contributed by atoms with van der Waals surface area (Å²) < 4.78 is 5.51. The van der Waals surface area contributed by atoms with E-state index in [9.17, 15) is 15.0 Å². The number of nitrogens with one attached hydrogen (secondary N) is 3. The van der Waals surface area contributed by atoms with Gasteiger partial charge in [0.2, 0.25) is 0 Å². The maximum Gasteiger partial charge on any atom is 0.251 e. The summed E-state index contributed by atoms with van der Waals surface area (Å²) in [5.74, 6) is 1.80. The minimum Gasteiger partial charge on any atom is -0.496 e. The number of nitrogens with zero attached hydrogens (tertiary/aromatic N) is 3. The van der Waals surface area contributed by atoms with E-state index in [1.165, 1.54) is 6.33 Å². The third-order valence-electron chi connectivity index (χ3n) is 5.36. The summed E-state index contributed by atoms with van der Waals surface area (Å²) in [7, 11) is 3.18. The average Bonchev–Trinajstić information content (AvgIpc) is 2.90. The number of hydrogen-bond acceptors (Lipinski definition) is 9. The Morgan fingerprint density at radius 3 is 2.46 bits per heavy atom. The van der Waals surface area contributed by atoms with Crippen LogP contribution in [0.2, 0.25) is 0 Å². The molecule has 188 valence electrons. The lowest BCUT2D eigenvalue weighted by molar-refractivity contribution is 0.0962. The molecule has 0 bridgehead atoms. The molecule has 3 aromatic rings. The number of hydrogen-bond donors (Lipinski definition) is 5. The summed E-state index contributed by atoms with van der Waals surface area (Å²) >= 11 is 0. The van der Waals surface area contributed by atoms with E-state index in [-0.39, 0.29) is 38.5 Å². The molecule has 3 rings (SSSR count). The fraction of sp³-hybridized carbons (Fsp3) is 0.333. The van der Waals surface area contributed by atoms with E-state index in [0.717, 1.165) is 11.1 Å². The molecule has 10 nitrogen and oxygen atoms in total. The molecule has 0 unspecified atom stereocenters. The lowest BCUT2D eigenvalue weighted by Crippen LogP contribution is -2.28. The fourth-order valence-electron chi connectivity index (χ4n) is 3.37. The van der Waals surface area contributed by atoms with Gasteiger partial charge in [0.25, 0.3) is 5.91 Å². The SMILES string of the molecule is CNC(=O)c1ccc([C@H](C)CNc2cc(-c3ccc(NC(CO)CO)nc3)ncn2)c(OC)c1.S. The standard InChI is InChI=1S/C24H30N6O4.H2S/c1-15(19-6-4-16(24(33)25-2)8-21(19)34-3)10-26-23-9-20(28-14-29-23)17-5-7-22(27-11-17)30-18(12-31)13-32;/h4-9,11,14-15,18,31-32H,10,12-13H2,1-3H3,(H,25,33)(H,27,30)(H,26,28,29);1H2/t15-;/m1./s1. The lowest BCUT2D eigenvalue weighted by Gasteiger charge is -2.18. The first kappa shape index (κ1) is 27.8. The van der Waals surface area contributed by atoms with Gasteiger partial charge in [0.1, 0.15) is 23.7 Å². The van der Waals surface area contributed by atoms with Gasteiger partial charge in [0.05, 0.1) is 32.1 Å². The van der Waals surface area contributed by atoms with E-state index in [2.05, 4.69) is 37.8 Å². The van der Waals surface area contributed by atoms with Crippen LogP contribution in [0.15, 0.2) is 48.9 Å². The summed E-state index contributed by atoms with van der Waals surface area (Å²) in [5.41, 5.74) is 3.03. The molecule has 1 atom stereocenters. The van der Waals surface area contributed by atoms with Crippen molar-refractivity contribution in [3.8, 4) is 17.0 Å². The zero-order valence-electron chi connectivity index (χ0n) is 19.9. The van der Waals surface area contributed by atoms with E-state index < -0.39 is 6.04 Å². The molecule has 0 aliphatic carbocycles. The lowest BCUT2D eigenvalue weighted by atomic mass is 9.98. The van der Waals surface area contributed by atoms with Gasteiger partial charge in [-0.15, -0.1) is 0 Å². The van der Waals surface area contributed by atoms with E-state index in [0.29, 0.717) is 35.2 Å². The van der Waals surface area contributed by atoms with Crippen LogP contribution in [0.1, 0.15) is 28.8 Å². The molecule has 35 heavy (non-hydrogen) atoms. The van der Waals surface area contributed by atoms with Crippen molar-refractivity contribution in [1.82, 2.24) is 20.3 Å². The second-order valence-electron chi connectivity index (χ2n) is 7.74. The van der Waals surface area contributed by atoms with Gasteiger partial charge in [-0.1, -0.05) is 13.0 Å². The Bertz CT molecular complexity index is 1100. The molecule has 0 spiro atoms. The molecule has 2 heterocycles. The minimum absolute atomic E-state index is 0. The minimum atomic E-state index is -0.464. The molecular formula is C24H32N6O4S. The van der Waals surface area contributed by atoms with Crippen molar-refractivity contribution in [2.24, 2.45) is 0 Å². The fourth-order valence-corrected chi connectivity index (χ4v) is 3.37. The van der Waals surface area contributed by atoms with Crippen LogP contribution in [0.3, 0.4) is 0 Å². The Labute approximate surface area is 211 Å². The predicted octanol–water partition coefficient (Wildman–Crippen LogP) is 2.00. The number of aliphatic hydroxyl groups excluding tert-OH is 2. The molecule has 0 fully saturated rings. The van der Waals surface area contributed by atoms with Crippen LogP contribution in [0.4, 0.5) is 11.6 Å². The van der Waals surface area contributed by atoms with Crippen LogP contribution in [0, 0.1) is 0 Å². The molecule has 11 heteroatoms. The van der Waals surface area contributed by atoms with Crippen LogP contribution in [-0.4, -0.2) is 71.0 Å². The van der Waals surface area contributed by atoms with Crippen LogP contribution in [0.25, 0.3) is 11.3 Å². The highest BCUT2D eigenvalue weighted by atomic mass is 32.1. The van der Waals surface area contributed by atoms with Crippen molar-refractivity contribution >= 4 is 31.0 Å². The normalized spacial score (nSPS) is 11.4. The first-order valence-corrected chi connectivity index (χ1v) is 10.9. The monoisotopic (exact) mass is 500 g/mol. The highest BCUT2D eigenvalue weighted by molar-refractivity contribution is 7.59. The number of methoxy groups -OCH3 is 1. The number of amides is 1. The molecule has 0 radical (unpaired) electrons. The molecule has 0 saturated carbocycles. The zero-order valence-corrected chi connectivity index (χ0v) is 20.9. The number of anilines is 2. The number of benzene rings is 1. The number of pyridine rings is 1. The van der Waals surface area contributed by atoms with E-state index in [1.807, 2.05) is 18.2 Å². The average molecular weight is 501 g/mol. The first-order valence-electron chi connectivity index (χ1n) is 10.9. The van der Waals surface area contributed by atoms with Gasteiger partial charge in [0.15, 0.2) is 0 Å². The largest absolute Gasteiger partial charge is 0.496 e. The van der Waals surface area contributed by atoms with E-state index in [4.69, 9.17) is 4.74 Å². The number of carbonyl (C=O) groups is 1. The van der Waals surface area contributed by atoms with Crippen molar-refractivity contribution in [1.29, 1.82) is 0 Å². The molecule has 5 N–H and O–H groups in total. The Balaban J connectivity index is 0.00000432. The quantitative estimate of drug-likeness (QED) is 0.267. The first-order chi connectivity index (χ1) is 16.5. The Kier molecular flexibility index (Phi) is 10.7. The highest BCUT2D eigenvalue weighted by Gasteiger charge is 2.15. The predicted molar refractivity (Wildman–Crippen MR) is 141 cm³/mol. The van der Waals surface area contributed by atoms with Crippen molar-refractivity contribution in [3.63, 3.8) is 0 Å². The Morgan fingerprint density at radius 2 is 1.83 bits per heavy atom. The van der Waals surface area contributed by atoms with Crippen LogP contribution >= 0.6 is 13.5 Å². The molecular weight excluding hydrogens is 468 g/mol. The number of ether oxygens (including phenoxy) is 1. The summed E-state index contributed by atoms with van der Waals surface area (Å²) in [5, 5.41) is 27.3. The van der Waals surface area contributed by atoms with Crippen molar-refractivity contribution in [2.45, 2.75) is 18.9 Å². The molecule has 2 aromatic heterocycles. The number of carbonyl (C=O) groups excluding carboxylic acids is 1. The van der Waals surface area contributed by atoms with Crippen LogP contribution in [-0.2, 0) is 0 Å². The molecule has 0 aliphatic rings. The number of aliphatic hydroxyl groups is 2. The molecule has 1 amide bonds. The maximum absolute atomic E-state index is 11.9. The second kappa shape index (κ2) is 13.5. The maximum atomic E-state index is 11.9. The number of rotatable bonds is 11. The molecule has 0 aliphatic heterocycles. The summed E-state index contributed by atoms with van der Waals surface area (Å²) in [4.78, 5) is 24.9. The summed E-state index contributed by atoms with van der Waals surface area (Å²) in [6, 6.07) is 10.4. The highest BCUT2D eigenvalue weighted by Crippen LogP contribution is 2.28. The van der Waals surface area contributed by atoms with Gasteiger partial charge in [-0.05, 0) is 29.8 Å².